The van der Waals surface area contributed by atoms with Crippen molar-refractivity contribution in [2.75, 3.05) is 26.7 Å². The van der Waals surface area contributed by atoms with E-state index < -0.39 is 0 Å². The first-order valence-electron chi connectivity index (χ1n) is 7.84. The Balaban J connectivity index is 2.10. The predicted octanol–water partition coefficient (Wildman–Crippen LogP) is 2.85. The summed E-state index contributed by atoms with van der Waals surface area (Å²) in [7, 11) is 1.95. The smallest absolute Gasteiger partial charge is 0.254 e. The molecular formula is C17H26N2O. The van der Waals surface area contributed by atoms with Gasteiger partial charge in [-0.25, -0.2) is 0 Å². The van der Waals surface area contributed by atoms with Gasteiger partial charge in [-0.1, -0.05) is 37.5 Å². The van der Waals surface area contributed by atoms with Gasteiger partial charge in [-0.15, -0.1) is 0 Å². The van der Waals surface area contributed by atoms with Crippen LogP contribution in [-0.2, 0) is 6.42 Å². The van der Waals surface area contributed by atoms with Gasteiger partial charge in [0.05, 0.1) is 0 Å². The van der Waals surface area contributed by atoms with Crippen molar-refractivity contribution in [1.82, 2.24) is 10.2 Å². The van der Waals surface area contributed by atoms with Crippen LogP contribution in [0.1, 0.15) is 48.0 Å². The zero-order chi connectivity index (χ0) is 14.2. The fraction of sp³-hybridized carbons (Fsp3) is 0.588. The zero-order valence-corrected chi connectivity index (χ0v) is 12.5. The maximum atomic E-state index is 12.8. The van der Waals surface area contributed by atoms with Crippen molar-refractivity contribution in [1.29, 1.82) is 0 Å². The van der Waals surface area contributed by atoms with Crippen LogP contribution in [0.15, 0.2) is 24.3 Å². The predicted molar refractivity (Wildman–Crippen MR) is 83.1 cm³/mol. The van der Waals surface area contributed by atoms with E-state index in [1.165, 1.54) is 19.3 Å². The highest BCUT2D eigenvalue weighted by Gasteiger charge is 2.18. The molecule has 2 rings (SSSR count). The summed E-state index contributed by atoms with van der Waals surface area (Å²) in [6.45, 7) is 2.74. The van der Waals surface area contributed by atoms with Crippen molar-refractivity contribution >= 4 is 5.91 Å². The maximum Gasteiger partial charge on any atom is 0.254 e. The number of hydrogen-bond donors (Lipinski definition) is 1. The Morgan fingerprint density at radius 1 is 1.10 bits per heavy atom. The van der Waals surface area contributed by atoms with Gasteiger partial charge in [0.25, 0.3) is 5.91 Å². The van der Waals surface area contributed by atoms with Gasteiger partial charge in [0.15, 0.2) is 0 Å². The molecule has 0 saturated carbocycles. The van der Waals surface area contributed by atoms with Crippen molar-refractivity contribution in [2.45, 2.75) is 38.5 Å². The van der Waals surface area contributed by atoms with E-state index in [-0.39, 0.29) is 5.91 Å². The van der Waals surface area contributed by atoms with Gasteiger partial charge in [-0.05, 0) is 44.5 Å². The van der Waals surface area contributed by atoms with Crippen LogP contribution >= 0.6 is 0 Å². The number of nitrogens with zero attached hydrogens (tertiary/aromatic N) is 1. The number of benzene rings is 1. The van der Waals surface area contributed by atoms with Crippen molar-refractivity contribution in [3.63, 3.8) is 0 Å². The lowest BCUT2D eigenvalue weighted by Gasteiger charge is -2.25. The summed E-state index contributed by atoms with van der Waals surface area (Å²) in [5, 5.41) is 3.16. The molecule has 0 atom stereocenters. The number of likely N-dealkylation sites (N-methyl/N-ethyl adjacent to an activating group) is 1. The molecular weight excluding hydrogens is 248 g/mol. The van der Waals surface area contributed by atoms with Gasteiger partial charge in [0, 0.05) is 18.7 Å². The topological polar surface area (TPSA) is 32.3 Å². The zero-order valence-electron chi connectivity index (χ0n) is 12.5. The molecule has 110 valence electrons. The first kappa shape index (κ1) is 15.0. The van der Waals surface area contributed by atoms with Crippen molar-refractivity contribution in [2.24, 2.45) is 0 Å². The molecule has 1 aromatic rings. The standard InChI is InChI=1S/C17H26N2O/c1-18-12-11-15-9-5-6-10-16(15)17(20)19-13-7-3-2-4-8-14-19/h5-6,9-10,18H,2-4,7-8,11-14H2,1H3. The monoisotopic (exact) mass is 274 g/mol. The molecule has 0 spiro atoms. The highest BCUT2D eigenvalue weighted by atomic mass is 16.2. The lowest BCUT2D eigenvalue weighted by molar-refractivity contribution is 0.0741. The number of rotatable bonds is 4. The highest BCUT2D eigenvalue weighted by molar-refractivity contribution is 5.95. The molecule has 1 saturated heterocycles. The van der Waals surface area contributed by atoms with E-state index in [2.05, 4.69) is 16.3 Å². The SMILES string of the molecule is CNCCc1ccccc1C(=O)N1CCCCCCC1. The van der Waals surface area contributed by atoms with E-state index >= 15 is 0 Å². The van der Waals surface area contributed by atoms with E-state index in [0.717, 1.165) is 50.0 Å². The van der Waals surface area contributed by atoms with Crippen LogP contribution in [-0.4, -0.2) is 37.5 Å². The van der Waals surface area contributed by atoms with Crippen molar-refractivity contribution < 1.29 is 4.79 Å². The number of amides is 1. The molecule has 3 nitrogen and oxygen atoms in total. The van der Waals surface area contributed by atoms with Crippen LogP contribution in [0.25, 0.3) is 0 Å². The fourth-order valence-electron chi connectivity index (χ4n) is 2.83. The largest absolute Gasteiger partial charge is 0.339 e. The second kappa shape index (κ2) is 8.05. The lowest BCUT2D eigenvalue weighted by atomic mass is 10.0. The quantitative estimate of drug-likeness (QED) is 0.915. The lowest BCUT2D eigenvalue weighted by Crippen LogP contribution is -2.34. The van der Waals surface area contributed by atoms with Crippen molar-refractivity contribution in [3.8, 4) is 0 Å². The summed E-state index contributed by atoms with van der Waals surface area (Å²) in [6, 6.07) is 8.05. The molecule has 0 aliphatic carbocycles. The van der Waals surface area contributed by atoms with Crippen LogP contribution < -0.4 is 5.32 Å². The Kier molecular flexibility index (Phi) is 6.06. The molecule has 0 bridgehead atoms. The molecule has 0 radical (unpaired) electrons. The van der Waals surface area contributed by atoms with Gasteiger partial charge < -0.3 is 10.2 Å². The van der Waals surface area contributed by atoms with Gasteiger partial charge >= 0.3 is 0 Å². The second-order valence-corrected chi connectivity index (χ2v) is 5.57. The summed E-state index contributed by atoms with van der Waals surface area (Å²) in [5.41, 5.74) is 2.05. The molecule has 1 fully saturated rings. The van der Waals surface area contributed by atoms with E-state index in [9.17, 15) is 4.79 Å². The molecule has 1 amide bonds. The van der Waals surface area contributed by atoms with Crippen LogP contribution in [0.3, 0.4) is 0 Å². The molecule has 1 aliphatic heterocycles. The van der Waals surface area contributed by atoms with E-state index in [4.69, 9.17) is 0 Å². The third-order valence-corrected chi connectivity index (χ3v) is 4.04. The van der Waals surface area contributed by atoms with E-state index in [1.807, 2.05) is 25.2 Å². The Labute approximate surface area is 122 Å². The first-order chi connectivity index (χ1) is 9.83. The summed E-state index contributed by atoms with van der Waals surface area (Å²) < 4.78 is 0. The van der Waals surface area contributed by atoms with Gasteiger partial charge in [-0.3, -0.25) is 4.79 Å². The van der Waals surface area contributed by atoms with Crippen molar-refractivity contribution in [3.05, 3.63) is 35.4 Å². The minimum absolute atomic E-state index is 0.221. The Bertz CT molecular complexity index is 423. The van der Waals surface area contributed by atoms with Gasteiger partial charge in [-0.2, -0.15) is 0 Å². The number of hydrogen-bond acceptors (Lipinski definition) is 2. The first-order valence-corrected chi connectivity index (χ1v) is 7.84. The highest BCUT2D eigenvalue weighted by Crippen LogP contribution is 2.16. The fourth-order valence-corrected chi connectivity index (χ4v) is 2.83. The Morgan fingerprint density at radius 2 is 1.75 bits per heavy atom. The molecule has 3 heteroatoms. The maximum absolute atomic E-state index is 12.8. The molecule has 1 aliphatic rings. The van der Waals surface area contributed by atoms with Crippen LogP contribution in [0.4, 0.5) is 0 Å². The number of nitrogens with one attached hydrogen (secondary N) is 1. The van der Waals surface area contributed by atoms with Crippen LogP contribution in [0.5, 0.6) is 0 Å². The third kappa shape index (κ3) is 4.07. The average molecular weight is 274 g/mol. The summed E-state index contributed by atoms with van der Waals surface area (Å²) in [5.74, 6) is 0.221. The minimum atomic E-state index is 0.221. The number of carbonyl (C=O) groups is 1. The average Bonchev–Trinajstić information content (AvgIpc) is 2.44. The molecule has 1 N–H and O–H groups in total. The molecule has 0 aromatic heterocycles. The minimum Gasteiger partial charge on any atom is -0.339 e. The third-order valence-electron chi connectivity index (χ3n) is 4.04. The molecule has 20 heavy (non-hydrogen) atoms. The summed E-state index contributed by atoms with van der Waals surface area (Å²) in [6.07, 6.45) is 7.03. The Hall–Kier alpha value is -1.35. The van der Waals surface area contributed by atoms with E-state index in [1.54, 1.807) is 0 Å². The van der Waals surface area contributed by atoms with Gasteiger partial charge in [0.1, 0.15) is 0 Å². The normalized spacial score (nSPS) is 16.6. The molecule has 1 aromatic carbocycles. The van der Waals surface area contributed by atoms with Gasteiger partial charge in [0.2, 0.25) is 0 Å². The van der Waals surface area contributed by atoms with E-state index in [0.29, 0.717) is 0 Å². The number of likely N-dealkylation sites (tertiary alicyclic amines) is 1. The summed E-state index contributed by atoms with van der Waals surface area (Å²) in [4.78, 5) is 14.8. The molecule has 1 heterocycles. The Morgan fingerprint density at radius 3 is 2.45 bits per heavy atom. The number of carbonyl (C=O) groups excluding carboxylic acids is 1. The van der Waals surface area contributed by atoms with Crippen LogP contribution in [0, 0.1) is 0 Å². The summed E-state index contributed by atoms with van der Waals surface area (Å²) >= 11 is 0. The van der Waals surface area contributed by atoms with Crippen LogP contribution in [0.2, 0.25) is 0 Å². The second-order valence-electron chi connectivity index (χ2n) is 5.57. The molecule has 0 unspecified atom stereocenters.